The van der Waals surface area contributed by atoms with Gasteiger partial charge in [0.2, 0.25) is 0 Å². The van der Waals surface area contributed by atoms with Crippen LogP contribution in [0.5, 0.6) is 0 Å². The van der Waals surface area contributed by atoms with Gasteiger partial charge < -0.3 is 9.67 Å². The minimum Gasteiger partial charge on any atom is -0.382 e. The molecular formula is C11H13N3O. The molecule has 2 rings (SSSR count). The molecule has 78 valence electrons. The van der Waals surface area contributed by atoms with Crippen LogP contribution in [-0.4, -0.2) is 19.6 Å². The highest BCUT2D eigenvalue weighted by Crippen LogP contribution is 2.20. The molecule has 0 aliphatic carbocycles. The Morgan fingerprint density at radius 2 is 2.27 bits per heavy atom. The lowest BCUT2D eigenvalue weighted by molar-refractivity contribution is 0.211. The summed E-state index contributed by atoms with van der Waals surface area (Å²) in [4.78, 5) is 8.07. The molecule has 0 amide bonds. The third kappa shape index (κ3) is 1.89. The van der Waals surface area contributed by atoms with Gasteiger partial charge in [0.25, 0.3) is 0 Å². The van der Waals surface area contributed by atoms with Gasteiger partial charge in [-0.2, -0.15) is 0 Å². The van der Waals surface area contributed by atoms with Gasteiger partial charge in [0.05, 0.1) is 18.2 Å². The Bertz CT molecular complexity index is 464. The van der Waals surface area contributed by atoms with Crippen molar-refractivity contribution in [3.05, 3.63) is 47.8 Å². The molecule has 1 unspecified atom stereocenters. The smallest absolute Gasteiger partial charge is 0.121 e. The van der Waals surface area contributed by atoms with E-state index in [0.717, 1.165) is 17.0 Å². The Kier molecular flexibility index (Phi) is 2.51. The average molecular weight is 203 g/mol. The van der Waals surface area contributed by atoms with E-state index in [9.17, 15) is 5.11 Å². The molecule has 0 radical (unpaired) electrons. The molecule has 0 aliphatic rings. The SMILES string of the molecule is Cc1cc(C(O)c2cncn2C)ccn1. The number of aromatic nitrogens is 3. The first-order chi connectivity index (χ1) is 7.18. The van der Waals surface area contributed by atoms with Crippen molar-refractivity contribution in [2.45, 2.75) is 13.0 Å². The van der Waals surface area contributed by atoms with E-state index in [0.29, 0.717) is 0 Å². The predicted octanol–water partition coefficient (Wildman–Crippen LogP) is 1.21. The normalized spacial score (nSPS) is 12.7. The lowest BCUT2D eigenvalue weighted by Crippen LogP contribution is -2.05. The molecule has 1 N–H and O–H groups in total. The number of aryl methyl sites for hydroxylation is 2. The monoisotopic (exact) mass is 203 g/mol. The van der Waals surface area contributed by atoms with Crippen LogP contribution >= 0.6 is 0 Å². The molecule has 2 heterocycles. The number of aliphatic hydroxyl groups excluding tert-OH is 1. The van der Waals surface area contributed by atoms with Gasteiger partial charge in [0.1, 0.15) is 6.10 Å². The zero-order valence-electron chi connectivity index (χ0n) is 8.75. The Morgan fingerprint density at radius 1 is 1.47 bits per heavy atom. The zero-order valence-corrected chi connectivity index (χ0v) is 8.75. The van der Waals surface area contributed by atoms with E-state index >= 15 is 0 Å². The number of imidazole rings is 1. The first-order valence-electron chi connectivity index (χ1n) is 4.75. The summed E-state index contributed by atoms with van der Waals surface area (Å²) in [5.41, 5.74) is 2.51. The Balaban J connectivity index is 2.36. The maximum atomic E-state index is 10.1. The lowest BCUT2D eigenvalue weighted by atomic mass is 10.1. The fourth-order valence-electron chi connectivity index (χ4n) is 1.54. The number of aliphatic hydroxyl groups is 1. The standard InChI is InChI=1S/C11H13N3O/c1-8-5-9(3-4-13-8)11(15)10-6-12-7-14(10)2/h3-7,11,15H,1-2H3. The minimum atomic E-state index is -0.640. The van der Waals surface area contributed by atoms with Crippen molar-refractivity contribution in [1.29, 1.82) is 0 Å². The zero-order chi connectivity index (χ0) is 10.8. The van der Waals surface area contributed by atoms with Gasteiger partial charge in [-0.25, -0.2) is 4.98 Å². The molecule has 4 nitrogen and oxygen atoms in total. The predicted molar refractivity (Wildman–Crippen MR) is 56.2 cm³/mol. The van der Waals surface area contributed by atoms with Crippen molar-refractivity contribution in [3.8, 4) is 0 Å². The van der Waals surface area contributed by atoms with Crippen molar-refractivity contribution in [2.24, 2.45) is 7.05 Å². The summed E-state index contributed by atoms with van der Waals surface area (Å²) in [6.45, 7) is 1.90. The van der Waals surface area contributed by atoms with E-state index in [1.807, 2.05) is 26.1 Å². The molecule has 4 heteroatoms. The van der Waals surface area contributed by atoms with Gasteiger partial charge in [0, 0.05) is 18.9 Å². The van der Waals surface area contributed by atoms with E-state index < -0.39 is 6.10 Å². The van der Waals surface area contributed by atoms with Crippen molar-refractivity contribution >= 4 is 0 Å². The first-order valence-corrected chi connectivity index (χ1v) is 4.75. The topological polar surface area (TPSA) is 50.9 Å². The van der Waals surface area contributed by atoms with Crippen LogP contribution < -0.4 is 0 Å². The number of nitrogens with zero attached hydrogens (tertiary/aromatic N) is 3. The quantitative estimate of drug-likeness (QED) is 0.798. The summed E-state index contributed by atoms with van der Waals surface area (Å²) in [5, 5.41) is 10.1. The van der Waals surface area contributed by atoms with Crippen LogP contribution in [0.2, 0.25) is 0 Å². The molecule has 0 saturated carbocycles. The van der Waals surface area contributed by atoms with Gasteiger partial charge in [-0.1, -0.05) is 0 Å². The van der Waals surface area contributed by atoms with Crippen LogP contribution in [0.3, 0.4) is 0 Å². The summed E-state index contributed by atoms with van der Waals surface area (Å²) in [6, 6.07) is 3.68. The number of hydrogen-bond acceptors (Lipinski definition) is 3. The van der Waals surface area contributed by atoms with Gasteiger partial charge in [-0.05, 0) is 24.6 Å². The van der Waals surface area contributed by atoms with Crippen LogP contribution in [-0.2, 0) is 7.05 Å². The molecule has 2 aromatic rings. The van der Waals surface area contributed by atoms with Crippen LogP contribution in [0, 0.1) is 6.92 Å². The molecular weight excluding hydrogens is 190 g/mol. The fraction of sp³-hybridized carbons (Fsp3) is 0.273. The van der Waals surface area contributed by atoms with Crippen molar-refractivity contribution in [2.75, 3.05) is 0 Å². The van der Waals surface area contributed by atoms with E-state index in [1.165, 1.54) is 0 Å². The second kappa shape index (κ2) is 3.82. The van der Waals surface area contributed by atoms with Crippen LogP contribution in [0.15, 0.2) is 30.9 Å². The summed E-state index contributed by atoms with van der Waals surface area (Å²) >= 11 is 0. The van der Waals surface area contributed by atoms with Crippen LogP contribution in [0.1, 0.15) is 23.1 Å². The Labute approximate surface area is 88.2 Å². The van der Waals surface area contributed by atoms with E-state index in [-0.39, 0.29) is 0 Å². The lowest BCUT2D eigenvalue weighted by Gasteiger charge is -2.11. The maximum Gasteiger partial charge on any atom is 0.121 e. The van der Waals surface area contributed by atoms with Gasteiger partial charge >= 0.3 is 0 Å². The number of hydrogen-bond donors (Lipinski definition) is 1. The van der Waals surface area contributed by atoms with Crippen LogP contribution in [0.4, 0.5) is 0 Å². The van der Waals surface area contributed by atoms with E-state index in [4.69, 9.17) is 0 Å². The molecule has 0 saturated heterocycles. The minimum absolute atomic E-state index is 0.640. The molecule has 0 fully saturated rings. The summed E-state index contributed by atoms with van der Waals surface area (Å²) in [7, 11) is 1.86. The molecule has 15 heavy (non-hydrogen) atoms. The largest absolute Gasteiger partial charge is 0.382 e. The molecule has 1 atom stereocenters. The number of pyridine rings is 1. The van der Waals surface area contributed by atoms with Gasteiger partial charge in [-0.3, -0.25) is 4.98 Å². The molecule has 0 spiro atoms. The van der Waals surface area contributed by atoms with Crippen LogP contribution in [0.25, 0.3) is 0 Å². The second-order valence-electron chi connectivity index (χ2n) is 3.56. The van der Waals surface area contributed by atoms with Crippen molar-refractivity contribution < 1.29 is 5.11 Å². The van der Waals surface area contributed by atoms with E-state index in [2.05, 4.69) is 9.97 Å². The van der Waals surface area contributed by atoms with E-state index in [1.54, 1.807) is 23.3 Å². The molecule has 0 aromatic carbocycles. The highest BCUT2D eigenvalue weighted by Gasteiger charge is 2.13. The van der Waals surface area contributed by atoms with Gasteiger partial charge in [0.15, 0.2) is 0 Å². The highest BCUT2D eigenvalue weighted by atomic mass is 16.3. The molecule has 0 aliphatic heterocycles. The van der Waals surface area contributed by atoms with Gasteiger partial charge in [-0.15, -0.1) is 0 Å². The second-order valence-corrected chi connectivity index (χ2v) is 3.56. The van der Waals surface area contributed by atoms with Crippen molar-refractivity contribution in [1.82, 2.24) is 14.5 Å². The fourth-order valence-corrected chi connectivity index (χ4v) is 1.54. The third-order valence-electron chi connectivity index (χ3n) is 2.37. The highest BCUT2D eigenvalue weighted by molar-refractivity contribution is 5.25. The number of rotatable bonds is 2. The third-order valence-corrected chi connectivity index (χ3v) is 2.37. The molecule has 0 bridgehead atoms. The summed E-state index contributed by atoms with van der Waals surface area (Å²) in [6.07, 6.45) is 4.40. The van der Waals surface area contributed by atoms with Crippen molar-refractivity contribution in [3.63, 3.8) is 0 Å². The Hall–Kier alpha value is -1.68. The average Bonchev–Trinajstić information content (AvgIpc) is 2.63. The maximum absolute atomic E-state index is 10.1. The molecule has 2 aromatic heterocycles. The Morgan fingerprint density at radius 3 is 2.87 bits per heavy atom. The first kappa shape index (κ1) is 9.86. The summed E-state index contributed by atoms with van der Waals surface area (Å²) < 4.78 is 1.81. The summed E-state index contributed by atoms with van der Waals surface area (Å²) in [5.74, 6) is 0.